The van der Waals surface area contributed by atoms with E-state index in [4.69, 9.17) is 21.6 Å². The van der Waals surface area contributed by atoms with E-state index in [2.05, 4.69) is 30.8 Å². The summed E-state index contributed by atoms with van der Waals surface area (Å²) < 4.78 is 36.4. The Labute approximate surface area is 239 Å². The smallest absolute Gasteiger partial charge is 0.252 e. The van der Waals surface area contributed by atoms with Crippen molar-refractivity contribution in [1.82, 2.24) is 29.9 Å². The molecule has 2 aromatic heterocycles. The fourth-order valence-corrected chi connectivity index (χ4v) is 4.79. The standard InChI is InChI=1S/C28H27ClF2N8O2/c29-21-16-18(2-3-19(21)28(40)35-9-13-38-11-7-33-8-12-38)37-26-27-36-17-22(39(27)14-10-34-26)20-4-5-23(25(31)24(20)30)41-15-1-6-32/h2-5,10,14,16-17,33H,1,7-9,11-13,15H2,(H,34,37)(H,35,40). The van der Waals surface area contributed by atoms with Crippen LogP contribution in [0.5, 0.6) is 5.75 Å². The van der Waals surface area contributed by atoms with Gasteiger partial charge in [-0.25, -0.2) is 14.4 Å². The minimum Gasteiger partial charge on any atom is -0.489 e. The number of benzene rings is 2. The number of carbonyl (C=O) groups excluding carboxylic acids is 1. The maximum absolute atomic E-state index is 15.0. The molecule has 13 heteroatoms. The highest BCUT2D eigenvalue weighted by Crippen LogP contribution is 2.32. The van der Waals surface area contributed by atoms with Crippen LogP contribution in [0.3, 0.4) is 0 Å². The third kappa shape index (κ3) is 6.38. The third-order valence-electron chi connectivity index (χ3n) is 6.62. The van der Waals surface area contributed by atoms with Crippen molar-refractivity contribution in [3.05, 3.63) is 71.1 Å². The van der Waals surface area contributed by atoms with Crippen molar-refractivity contribution in [2.24, 2.45) is 0 Å². The number of nitrogens with one attached hydrogen (secondary N) is 3. The van der Waals surface area contributed by atoms with Gasteiger partial charge in [-0.1, -0.05) is 11.6 Å². The van der Waals surface area contributed by atoms with E-state index in [1.165, 1.54) is 24.5 Å². The van der Waals surface area contributed by atoms with Crippen LogP contribution in [0.2, 0.25) is 5.02 Å². The van der Waals surface area contributed by atoms with E-state index in [-0.39, 0.29) is 35.3 Å². The zero-order valence-electron chi connectivity index (χ0n) is 22.0. The van der Waals surface area contributed by atoms with Crippen LogP contribution in [0.4, 0.5) is 20.3 Å². The van der Waals surface area contributed by atoms with Crippen molar-refractivity contribution in [2.75, 3.05) is 51.2 Å². The predicted molar refractivity (Wildman–Crippen MR) is 150 cm³/mol. The third-order valence-corrected chi connectivity index (χ3v) is 6.93. The average Bonchev–Trinajstić information content (AvgIpc) is 3.41. The van der Waals surface area contributed by atoms with E-state index in [1.54, 1.807) is 28.8 Å². The molecule has 1 aliphatic rings. The lowest BCUT2D eigenvalue weighted by Crippen LogP contribution is -2.46. The zero-order valence-corrected chi connectivity index (χ0v) is 22.7. The average molecular weight is 581 g/mol. The van der Waals surface area contributed by atoms with Gasteiger partial charge in [0.15, 0.2) is 23.0 Å². The van der Waals surface area contributed by atoms with Gasteiger partial charge < -0.3 is 20.7 Å². The Morgan fingerprint density at radius 1 is 1.17 bits per heavy atom. The van der Waals surface area contributed by atoms with Crippen LogP contribution >= 0.6 is 11.6 Å². The minimum atomic E-state index is -1.15. The summed E-state index contributed by atoms with van der Waals surface area (Å²) in [5.74, 6) is -2.43. The molecule has 212 valence electrons. The molecular weight excluding hydrogens is 554 g/mol. The molecule has 1 aliphatic heterocycles. The molecule has 41 heavy (non-hydrogen) atoms. The number of anilines is 2. The summed E-state index contributed by atoms with van der Waals surface area (Å²) in [7, 11) is 0. The summed E-state index contributed by atoms with van der Waals surface area (Å²) in [5.41, 5.74) is 1.56. The molecule has 3 N–H and O–H groups in total. The maximum atomic E-state index is 15.0. The first kappa shape index (κ1) is 28.2. The van der Waals surface area contributed by atoms with Crippen LogP contribution in [-0.2, 0) is 0 Å². The molecule has 0 radical (unpaired) electrons. The second-order valence-corrected chi connectivity index (χ2v) is 9.68. The van der Waals surface area contributed by atoms with Gasteiger partial charge in [-0.3, -0.25) is 14.1 Å². The van der Waals surface area contributed by atoms with Crippen molar-refractivity contribution in [3.63, 3.8) is 0 Å². The van der Waals surface area contributed by atoms with Gasteiger partial charge in [-0.05, 0) is 30.3 Å². The van der Waals surface area contributed by atoms with Crippen LogP contribution in [0.25, 0.3) is 16.9 Å². The molecule has 0 bridgehead atoms. The van der Waals surface area contributed by atoms with E-state index in [1.807, 2.05) is 6.07 Å². The maximum Gasteiger partial charge on any atom is 0.252 e. The number of imidazole rings is 1. The molecule has 2 aromatic carbocycles. The number of fused-ring (bicyclic) bond motifs is 1. The van der Waals surface area contributed by atoms with Crippen molar-refractivity contribution >= 4 is 34.7 Å². The number of ether oxygens (including phenoxy) is 1. The lowest BCUT2D eigenvalue weighted by atomic mass is 10.1. The summed E-state index contributed by atoms with van der Waals surface area (Å²) in [6, 6.07) is 9.53. The number of nitriles is 1. The van der Waals surface area contributed by atoms with E-state index in [9.17, 15) is 13.6 Å². The molecule has 0 spiro atoms. The normalized spacial score (nSPS) is 13.6. The number of hydrogen-bond acceptors (Lipinski definition) is 8. The highest BCUT2D eigenvalue weighted by Gasteiger charge is 2.20. The molecule has 0 aliphatic carbocycles. The molecule has 1 fully saturated rings. The summed E-state index contributed by atoms with van der Waals surface area (Å²) in [6.07, 6.45) is 4.54. The molecule has 5 rings (SSSR count). The number of aromatic nitrogens is 3. The second kappa shape index (κ2) is 12.9. The summed E-state index contributed by atoms with van der Waals surface area (Å²) >= 11 is 6.44. The molecule has 4 aromatic rings. The molecule has 10 nitrogen and oxygen atoms in total. The molecule has 3 heterocycles. The SMILES string of the molecule is N#CCCOc1ccc(-c2cnc3c(Nc4ccc(C(=O)NCCN5CCNCC5)c(Cl)c4)nccn23)c(F)c1F. The van der Waals surface area contributed by atoms with Gasteiger partial charge in [0, 0.05) is 62.9 Å². The number of halogens is 3. The number of hydrogen-bond donors (Lipinski definition) is 3. The van der Waals surface area contributed by atoms with Crippen molar-refractivity contribution in [2.45, 2.75) is 6.42 Å². The first-order valence-corrected chi connectivity index (χ1v) is 13.4. The van der Waals surface area contributed by atoms with Gasteiger partial charge in [0.05, 0.1) is 35.0 Å². The van der Waals surface area contributed by atoms with Crippen LogP contribution in [0, 0.1) is 23.0 Å². The van der Waals surface area contributed by atoms with E-state index in [0.29, 0.717) is 35.0 Å². The fourth-order valence-electron chi connectivity index (χ4n) is 4.53. The lowest BCUT2D eigenvalue weighted by Gasteiger charge is -2.27. The monoisotopic (exact) mass is 580 g/mol. The molecule has 0 atom stereocenters. The predicted octanol–water partition coefficient (Wildman–Crippen LogP) is 4.00. The highest BCUT2D eigenvalue weighted by atomic mass is 35.5. The number of piperazine rings is 1. The van der Waals surface area contributed by atoms with Gasteiger partial charge >= 0.3 is 0 Å². The van der Waals surface area contributed by atoms with Gasteiger partial charge in [-0.15, -0.1) is 0 Å². The first-order valence-electron chi connectivity index (χ1n) is 13.0. The number of rotatable bonds is 10. The van der Waals surface area contributed by atoms with E-state index >= 15 is 0 Å². The highest BCUT2D eigenvalue weighted by molar-refractivity contribution is 6.34. The number of nitrogens with zero attached hydrogens (tertiary/aromatic N) is 5. The Balaban J connectivity index is 1.30. The van der Waals surface area contributed by atoms with Gasteiger partial charge in [0.25, 0.3) is 5.91 Å². The number of amides is 1. The number of carbonyl (C=O) groups is 1. The van der Waals surface area contributed by atoms with Gasteiger partial charge in [0.1, 0.15) is 6.61 Å². The van der Waals surface area contributed by atoms with Crippen LogP contribution in [0.1, 0.15) is 16.8 Å². The second-order valence-electron chi connectivity index (χ2n) is 9.28. The molecule has 0 unspecified atom stereocenters. The van der Waals surface area contributed by atoms with Crippen molar-refractivity contribution in [3.8, 4) is 23.1 Å². The first-order chi connectivity index (χ1) is 20.0. The summed E-state index contributed by atoms with van der Waals surface area (Å²) in [6.45, 7) is 5.03. The minimum absolute atomic E-state index is 0.0184. The largest absolute Gasteiger partial charge is 0.489 e. The van der Waals surface area contributed by atoms with Crippen LogP contribution < -0.4 is 20.7 Å². The fraction of sp³-hybridized carbons (Fsp3) is 0.286. The summed E-state index contributed by atoms with van der Waals surface area (Å²) in [5, 5.41) is 18.2. The molecule has 0 saturated carbocycles. The quantitative estimate of drug-likeness (QED) is 0.241. The van der Waals surface area contributed by atoms with E-state index < -0.39 is 11.6 Å². The Bertz CT molecular complexity index is 1600. The van der Waals surface area contributed by atoms with Crippen molar-refractivity contribution < 1.29 is 18.3 Å². The summed E-state index contributed by atoms with van der Waals surface area (Å²) in [4.78, 5) is 23.7. The lowest BCUT2D eigenvalue weighted by molar-refractivity contribution is 0.0947. The van der Waals surface area contributed by atoms with E-state index in [0.717, 1.165) is 32.7 Å². The Hall–Kier alpha value is -4.31. The molecule has 1 amide bonds. The molecular formula is C28H27ClF2N8O2. The zero-order chi connectivity index (χ0) is 28.8. The van der Waals surface area contributed by atoms with Crippen LogP contribution in [-0.4, -0.2) is 71.1 Å². The van der Waals surface area contributed by atoms with Gasteiger partial charge in [0.2, 0.25) is 5.82 Å². The Kier molecular flexibility index (Phi) is 8.88. The van der Waals surface area contributed by atoms with Crippen molar-refractivity contribution in [1.29, 1.82) is 5.26 Å². The van der Waals surface area contributed by atoms with Crippen LogP contribution in [0.15, 0.2) is 48.9 Å². The Morgan fingerprint density at radius 3 is 2.78 bits per heavy atom. The topological polar surface area (TPSA) is 120 Å². The van der Waals surface area contributed by atoms with Gasteiger partial charge in [-0.2, -0.15) is 9.65 Å². The molecule has 1 saturated heterocycles. The Morgan fingerprint density at radius 2 is 2.00 bits per heavy atom.